The fraction of sp³-hybridized carbons (Fsp3) is 1.00. The Balaban J connectivity index is 4.55. The van der Waals surface area contributed by atoms with E-state index in [0.717, 1.165) is 19.3 Å². The van der Waals surface area contributed by atoms with E-state index < -0.39 is 8.32 Å². The molecule has 0 amide bonds. The van der Waals surface area contributed by atoms with E-state index in [9.17, 15) is 0 Å². The monoisotopic (exact) mass is 306 g/mol. The first-order valence-corrected chi connectivity index (χ1v) is 10.4. The van der Waals surface area contributed by atoms with Crippen LogP contribution in [0.2, 0.25) is 18.1 Å². The van der Waals surface area contributed by atoms with Gasteiger partial charge in [-0.05, 0) is 44.3 Å². The third kappa shape index (κ3) is 7.74. The van der Waals surface area contributed by atoms with Crippen molar-refractivity contribution in [3.05, 3.63) is 0 Å². The van der Waals surface area contributed by atoms with Crippen LogP contribution in [-0.4, -0.2) is 46.1 Å². The number of hydrogen-bond donors (Lipinski definition) is 1. The lowest BCUT2D eigenvalue weighted by molar-refractivity contribution is -0.0770. The maximum Gasteiger partial charge on any atom is 0.192 e. The molecule has 1 N–H and O–H groups in total. The van der Waals surface area contributed by atoms with E-state index in [2.05, 4.69) is 33.9 Å². The average Bonchev–Trinajstić information content (AvgIpc) is 2.31. The second-order valence-corrected chi connectivity index (χ2v) is 11.7. The fourth-order valence-corrected chi connectivity index (χ4v) is 3.16. The maximum atomic E-state index is 9.05. The second kappa shape index (κ2) is 9.15. The predicted molar refractivity (Wildman–Crippen MR) is 85.4 cm³/mol. The molecule has 0 radical (unpaired) electrons. The summed E-state index contributed by atoms with van der Waals surface area (Å²) in [6.45, 7) is 13.8. The van der Waals surface area contributed by atoms with Crippen LogP contribution in [0.3, 0.4) is 0 Å². The Labute approximate surface area is 125 Å². The molecule has 2 atom stereocenters. The van der Waals surface area contributed by atoms with Crippen molar-refractivity contribution in [2.45, 2.75) is 77.3 Å². The third-order valence-corrected chi connectivity index (χ3v) is 8.55. The molecule has 122 valence electrons. The second-order valence-electron chi connectivity index (χ2n) is 6.99. The Bertz CT molecular complexity index is 251. The molecule has 0 aliphatic carbocycles. The number of ether oxygens (including phenoxy) is 2. The van der Waals surface area contributed by atoms with E-state index in [1.165, 1.54) is 0 Å². The molecule has 0 spiro atoms. The lowest BCUT2D eigenvalue weighted by Crippen LogP contribution is -2.44. The van der Waals surface area contributed by atoms with Gasteiger partial charge in [0.05, 0.1) is 6.10 Å². The van der Waals surface area contributed by atoms with Crippen molar-refractivity contribution in [2.75, 3.05) is 20.5 Å². The largest absolute Gasteiger partial charge is 0.414 e. The van der Waals surface area contributed by atoms with Crippen molar-refractivity contribution >= 4 is 8.32 Å². The van der Waals surface area contributed by atoms with Crippen LogP contribution in [0.5, 0.6) is 0 Å². The Kier molecular flexibility index (Phi) is 9.18. The standard InChI is InChI=1S/C15H34O4Si/c1-13(18-12-17-5)11-14(9-8-10-16)19-20(6,7)15(2,3)4/h13-14,16H,8-12H2,1-7H3/t13-,14-/m0/s1. The lowest BCUT2D eigenvalue weighted by atomic mass is 10.1. The van der Waals surface area contributed by atoms with Gasteiger partial charge in [-0.15, -0.1) is 0 Å². The fourth-order valence-electron chi connectivity index (χ4n) is 1.76. The zero-order chi connectivity index (χ0) is 15.8. The first-order valence-electron chi connectivity index (χ1n) is 7.53. The molecular formula is C15H34O4Si. The molecule has 0 aromatic rings. The molecule has 0 bridgehead atoms. The Morgan fingerprint density at radius 2 is 1.80 bits per heavy atom. The van der Waals surface area contributed by atoms with Crippen LogP contribution >= 0.6 is 0 Å². The van der Waals surface area contributed by atoms with Crippen molar-refractivity contribution in [3.8, 4) is 0 Å². The summed E-state index contributed by atoms with van der Waals surface area (Å²) in [5, 5.41) is 9.25. The first kappa shape index (κ1) is 20.1. The van der Waals surface area contributed by atoms with Crippen LogP contribution < -0.4 is 0 Å². The van der Waals surface area contributed by atoms with E-state index in [1.54, 1.807) is 7.11 Å². The van der Waals surface area contributed by atoms with E-state index in [-0.39, 0.29) is 23.9 Å². The van der Waals surface area contributed by atoms with Gasteiger partial charge in [-0.1, -0.05) is 20.8 Å². The minimum Gasteiger partial charge on any atom is -0.414 e. The molecule has 0 aliphatic rings. The van der Waals surface area contributed by atoms with E-state index in [4.69, 9.17) is 19.0 Å². The van der Waals surface area contributed by atoms with Crippen LogP contribution in [-0.2, 0) is 13.9 Å². The quantitative estimate of drug-likeness (QED) is 0.495. The molecule has 0 unspecified atom stereocenters. The number of aliphatic hydroxyl groups is 1. The van der Waals surface area contributed by atoms with E-state index in [1.807, 2.05) is 6.92 Å². The van der Waals surface area contributed by atoms with Gasteiger partial charge in [0.15, 0.2) is 8.32 Å². The summed E-state index contributed by atoms with van der Waals surface area (Å²) in [6.07, 6.45) is 2.74. The van der Waals surface area contributed by atoms with Crippen molar-refractivity contribution < 1.29 is 19.0 Å². The van der Waals surface area contributed by atoms with Gasteiger partial charge in [-0.3, -0.25) is 0 Å². The molecule has 4 nitrogen and oxygen atoms in total. The van der Waals surface area contributed by atoms with Crippen molar-refractivity contribution in [1.82, 2.24) is 0 Å². The summed E-state index contributed by atoms with van der Waals surface area (Å²) in [5.41, 5.74) is 0. The zero-order valence-corrected chi connectivity index (χ0v) is 15.4. The molecule has 0 aromatic heterocycles. The molecule has 0 aromatic carbocycles. The lowest BCUT2D eigenvalue weighted by Gasteiger charge is -2.40. The van der Waals surface area contributed by atoms with Crippen LogP contribution in [0, 0.1) is 0 Å². The average molecular weight is 307 g/mol. The highest BCUT2D eigenvalue weighted by molar-refractivity contribution is 6.74. The molecule has 0 heterocycles. The SMILES string of the molecule is COCO[C@@H](C)C[C@H](CCCO)O[Si](C)(C)C(C)(C)C. The molecule has 0 saturated carbocycles. The smallest absolute Gasteiger partial charge is 0.192 e. The van der Waals surface area contributed by atoms with Crippen molar-refractivity contribution in [1.29, 1.82) is 0 Å². The van der Waals surface area contributed by atoms with Gasteiger partial charge >= 0.3 is 0 Å². The summed E-state index contributed by atoms with van der Waals surface area (Å²) in [7, 11) is -0.157. The Hall–Kier alpha value is 0.0569. The highest BCUT2D eigenvalue weighted by Crippen LogP contribution is 2.38. The van der Waals surface area contributed by atoms with Crippen LogP contribution in [0.25, 0.3) is 0 Å². The van der Waals surface area contributed by atoms with Gasteiger partial charge in [-0.25, -0.2) is 0 Å². The first-order chi connectivity index (χ1) is 9.14. The van der Waals surface area contributed by atoms with Crippen LogP contribution in [0.1, 0.15) is 47.0 Å². The van der Waals surface area contributed by atoms with E-state index in [0.29, 0.717) is 6.79 Å². The number of methoxy groups -OCH3 is 1. The minimum absolute atomic E-state index is 0.100. The Morgan fingerprint density at radius 3 is 2.25 bits per heavy atom. The van der Waals surface area contributed by atoms with Gasteiger partial charge in [0.25, 0.3) is 0 Å². The number of hydrogen-bond acceptors (Lipinski definition) is 4. The molecule has 5 heteroatoms. The van der Waals surface area contributed by atoms with Crippen LogP contribution in [0.4, 0.5) is 0 Å². The van der Waals surface area contributed by atoms with Gasteiger partial charge in [0.1, 0.15) is 6.79 Å². The summed E-state index contributed by atoms with van der Waals surface area (Å²) in [5.74, 6) is 0. The Morgan fingerprint density at radius 1 is 1.20 bits per heavy atom. The molecule has 0 rings (SSSR count). The summed E-state index contributed by atoms with van der Waals surface area (Å²) in [4.78, 5) is 0. The number of aliphatic hydroxyl groups excluding tert-OH is 1. The van der Waals surface area contributed by atoms with Gasteiger partial charge < -0.3 is 19.0 Å². The molecule has 0 saturated heterocycles. The zero-order valence-electron chi connectivity index (χ0n) is 14.4. The molecule has 20 heavy (non-hydrogen) atoms. The van der Waals surface area contributed by atoms with Gasteiger partial charge in [-0.2, -0.15) is 0 Å². The van der Waals surface area contributed by atoms with Crippen molar-refractivity contribution in [3.63, 3.8) is 0 Å². The normalized spacial score (nSPS) is 16.2. The van der Waals surface area contributed by atoms with Gasteiger partial charge in [0.2, 0.25) is 0 Å². The predicted octanol–water partition coefficient (Wildman–Crippen LogP) is 3.55. The molecular weight excluding hydrogens is 272 g/mol. The highest BCUT2D eigenvalue weighted by atomic mass is 28.4. The van der Waals surface area contributed by atoms with Crippen molar-refractivity contribution in [2.24, 2.45) is 0 Å². The topological polar surface area (TPSA) is 47.9 Å². The van der Waals surface area contributed by atoms with E-state index >= 15 is 0 Å². The summed E-state index contributed by atoms with van der Waals surface area (Å²) >= 11 is 0. The molecule has 0 aliphatic heterocycles. The molecule has 0 fully saturated rings. The third-order valence-electron chi connectivity index (χ3n) is 4.02. The summed E-state index contributed by atoms with van der Waals surface area (Å²) < 4.78 is 17.0. The van der Waals surface area contributed by atoms with Gasteiger partial charge in [0, 0.05) is 19.8 Å². The maximum absolute atomic E-state index is 9.05. The summed E-state index contributed by atoms with van der Waals surface area (Å²) in [6, 6.07) is 0. The number of rotatable bonds is 10. The van der Waals surface area contributed by atoms with Crippen LogP contribution in [0.15, 0.2) is 0 Å². The highest BCUT2D eigenvalue weighted by Gasteiger charge is 2.39. The minimum atomic E-state index is -1.78.